The van der Waals surface area contributed by atoms with E-state index in [1.807, 2.05) is 6.92 Å². The molecule has 0 aromatic carbocycles. The second kappa shape index (κ2) is 11.4. The highest BCUT2D eigenvalue weighted by Crippen LogP contribution is 2.12. The first-order valence-electron chi connectivity index (χ1n) is 7.06. The minimum Gasteiger partial charge on any atom is -0.393 e. The molecule has 0 amide bonds. The lowest BCUT2D eigenvalue weighted by atomic mass is 10.0. The van der Waals surface area contributed by atoms with Crippen LogP contribution in [0.5, 0.6) is 0 Å². The Morgan fingerprint density at radius 3 is 1.88 bits per heavy atom. The van der Waals surface area contributed by atoms with E-state index in [0.29, 0.717) is 0 Å². The molecule has 0 fully saturated rings. The Bertz CT molecular complexity index is 137. The number of hydrogen-bond donors (Lipinski definition) is 2. The first-order chi connectivity index (χ1) is 7.70. The van der Waals surface area contributed by atoms with E-state index < -0.39 is 0 Å². The largest absolute Gasteiger partial charge is 0.393 e. The zero-order valence-corrected chi connectivity index (χ0v) is 11.1. The summed E-state index contributed by atoms with van der Waals surface area (Å²) in [6.07, 6.45) is 10.4. The van der Waals surface area contributed by atoms with Crippen molar-refractivity contribution in [1.29, 1.82) is 0 Å². The molecular formula is C14H30O2. The van der Waals surface area contributed by atoms with Crippen molar-refractivity contribution in [2.45, 2.75) is 90.3 Å². The summed E-state index contributed by atoms with van der Waals surface area (Å²) in [6, 6.07) is 0. The van der Waals surface area contributed by atoms with E-state index in [0.717, 1.165) is 32.1 Å². The number of unbranched alkanes of at least 4 members (excludes halogenated alkanes) is 5. The fourth-order valence-electron chi connectivity index (χ4n) is 1.89. The highest BCUT2D eigenvalue weighted by atomic mass is 16.3. The molecule has 98 valence electrons. The molecule has 0 aromatic heterocycles. The first-order valence-corrected chi connectivity index (χ1v) is 7.06. The SMILES string of the molecule is CCCCCCCC[C@@H](O)CC[C@H](O)CC. The van der Waals surface area contributed by atoms with Gasteiger partial charge in [0, 0.05) is 0 Å². The fourth-order valence-corrected chi connectivity index (χ4v) is 1.89. The van der Waals surface area contributed by atoms with Gasteiger partial charge in [-0.1, -0.05) is 52.4 Å². The molecule has 0 aliphatic heterocycles. The number of rotatable bonds is 11. The van der Waals surface area contributed by atoms with E-state index in [1.54, 1.807) is 0 Å². The van der Waals surface area contributed by atoms with Crippen LogP contribution < -0.4 is 0 Å². The minimum atomic E-state index is -0.223. The summed E-state index contributed by atoms with van der Waals surface area (Å²) >= 11 is 0. The predicted molar refractivity (Wildman–Crippen MR) is 69.5 cm³/mol. The molecule has 0 aromatic rings. The number of hydrogen-bond acceptors (Lipinski definition) is 2. The topological polar surface area (TPSA) is 40.5 Å². The van der Waals surface area contributed by atoms with Crippen molar-refractivity contribution in [2.75, 3.05) is 0 Å². The van der Waals surface area contributed by atoms with Gasteiger partial charge in [0.2, 0.25) is 0 Å². The molecule has 0 bridgehead atoms. The van der Waals surface area contributed by atoms with Crippen molar-refractivity contribution in [3.05, 3.63) is 0 Å². The lowest BCUT2D eigenvalue weighted by Crippen LogP contribution is -2.12. The Balaban J connectivity index is 3.20. The average molecular weight is 230 g/mol. The standard InChI is InChI=1S/C14H30O2/c1-3-5-6-7-8-9-10-14(16)12-11-13(15)4-2/h13-16H,3-12H2,1-2H3/t13-,14-/m1/s1. The van der Waals surface area contributed by atoms with Crippen LogP contribution in [-0.2, 0) is 0 Å². The van der Waals surface area contributed by atoms with Crippen molar-refractivity contribution in [3.8, 4) is 0 Å². The van der Waals surface area contributed by atoms with Crippen LogP contribution >= 0.6 is 0 Å². The predicted octanol–water partition coefficient (Wildman–Crippen LogP) is 3.65. The Hall–Kier alpha value is -0.0800. The van der Waals surface area contributed by atoms with Crippen molar-refractivity contribution < 1.29 is 10.2 Å². The third kappa shape index (κ3) is 10.4. The van der Waals surface area contributed by atoms with Gasteiger partial charge in [0.1, 0.15) is 0 Å². The summed E-state index contributed by atoms with van der Waals surface area (Å²) in [7, 11) is 0. The summed E-state index contributed by atoms with van der Waals surface area (Å²) in [6.45, 7) is 4.20. The Labute approximate surface area is 101 Å². The fraction of sp³-hybridized carbons (Fsp3) is 1.00. The third-order valence-corrected chi connectivity index (χ3v) is 3.20. The van der Waals surface area contributed by atoms with Crippen LogP contribution in [0.2, 0.25) is 0 Å². The maximum atomic E-state index is 9.69. The zero-order chi connectivity index (χ0) is 12.2. The van der Waals surface area contributed by atoms with Gasteiger partial charge >= 0.3 is 0 Å². The summed E-state index contributed by atoms with van der Waals surface area (Å²) in [5, 5.41) is 19.0. The zero-order valence-electron chi connectivity index (χ0n) is 11.1. The maximum absolute atomic E-state index is 9.69. The first kappa shape index (κ1) is 15.9. The van der Waals surface area contributed by atoms with E-state index >= 15 is 0 Å². The second-order valence-electron chi connectivity index (χ2n) is 4.85. The lowest BCUT2D eigenvalue weighted by molar-refractivity contribution is 0.105. The van der Waals surface area contributed by atoms with Crippen LogP contribution in [-0.4, -0.2) is 22.4 Å². The lowest BCUT2D eigenvalue weighted by Gasteiger charge is -2.12. The molecule has 16 heavy (non-hydrogen) atoms. The van der Waals surface area contributed by atoms with Gasteiger partial charge in [-0.2, -0.15) is 0 Å². The van der Waals surface area contributed by atoms with Crippen LogP contribution in [0.1, 0.15) is 78.1 Å². The summed E-state index contributed by atoms with van der Waals surface area (Å²) in [4.78, 5) is 0. The third-order valence-electron chi connectivity index (χ3n) is 3.20. The van der Waals surface area contributed by atoms with Crippen LogP contribution in [0.25, 0.3) is 0 Å². The van der Waals surface area contributed by atoms with Gasteiger partial charge in [-0.05, 0) is 25.7 Å². The van der Waals surface area contributed by atoms with Gasteiger partial charge in [-0.3, -0.25) is 0 Å². The summed E-state index contributed by atoms with van der Waals surface area (Å²) in [5.74, 6) is 0. The molecule has 2 atom stereocenters. The van der Waals surface area contributed by atoms with Gasteiger partial charge in [-0.15, -0.1) is 0 Å². The summed E-state index contributed by atoms with van der Waals surface area (Å²) < 4.78 is 0. The van der Waals surface area contributed by atoms with Crippen molar-refractivity contribution in [1.82, 2.24) is 0 Å². The normalized spacial score (nSPS) is 15.0. The van der Waals surface area contributed by atoms with Crippen LogP contribution in [0.3, 0.4) is 0 Å². The van der Waals surface area contributed by atoms with Crippen LogP contribution in [0.4, 0.5) is 0 Å². The molecule has 0 aliphatic carbocycles. The highest BCUT2D eigenvalue weighted by Gasteiger charge is 2.07. The molecule has 0 saturated heterocycles. The van der Waals surface area contributed by atoms with Crippen molar-refractivity contribution in [2.24, 2.45) is 0 Å². The van der Waals surface area contributed by atoms with E-state index in [9.17, 15) is 10.2 Å². The molecule has 2 N–H and O–H groups in total. The molecular weight excluding hydrogens is 200 g/mol. The van der Waals surface area contributed by atoms with Gasteiger partial charge in [0.05, 0.1) is 12.2 Å². The van der Waals surface area contributed by atoms with Gasteiger partial charge in [-0.25, -0.2) is 0 Å². The Morgan fingerprint density at radius 2 is 1.25 bits per heavy atom. The minimum absolute atomic E-state index is 0.202. The highest BCUT2D eigenvalue weighted by molar-refractivity contribution is 4.60. The van der Waals surface area contributed by atoms with E-state index in [4.69, 9.17) is 0 Å². The number of aliphatic hydroxyl groups is 2. The van der Waals surface area contributed by atoms with Crippen LogP contribution in [0, 0.1) is 0 Å². The number of aliphatic hydroxyl groups excluding tert-OH is 2. The average Bonchev–Trinajstić information content (AvgIpc) is 2.30. The molecule has 2 heteroatoms. The Morgan fingerprint density at radius 1 is 0.688 bits per heavy atom. The second-order valence-corrected chi connectivity index (χ2v) is 4.85. The van der Waals surface area contributed by atoms with E-state index in [1.165, 1.54) is 32.1 Å². The maximum Gasteiger partial charge on any atom is 0.0541 e. The molecule has 0 aliphatic rings. The smallest absolute Gasteiger partial charge is 0.0541 e. The van der Waals surface area contributed by atoms with Crippen molar-refractivity contribution in [3.63, 3.8) is 0 Å². The molecule has 0 rings (SSSR count). The molecule has 2 nitrogen and oxygen atoms in total. The van der Waals surface area contributed by atoms with E-state index in [-0.39, 0.29) is 12.2 Å². The molecule has 0 radical (unpaired) electrons. The van der Waals surface area contributed by atoms with Gasteiger partial charge < -0.3 is 10.2 Å². The van der Waals surface area contributed by atoms with Crippen LogP contribution in [0.15, 0.2) is 0 Å². The molecule has 0 spiro atoms. The van der Waals surface area contributed by atoms with Gasteiger partial charge in [0.25, 0.3) is 0 Å². The Kier molecular flexibility index (Phi) is 11.3. The molecule has 0 heterocycles. The molecule has 0 saturated carbocycles. The van der Waals surface area contributed by atoms with Gasteiger partial charge in [0.15, 0.2) is 0 Å². The summed E-state index contributed by atoms with van der Waals surface area (Å²) in [5.41, 5.74) is 0. The quantitative estimate of drug-likeness (QED) is 0.532. The molecule has 0 unspecified atom stereocenters. The monoisotopic (exact) mass is 230 g/mol. The van der Waals surface area contributed by atoms with Crippen molar-refractivity contribution >= 4 is 0 Å². The van der Waals surface area contributed by atoms with E-state index in [2.05, 4.69) is 6.92 Å².